The number of halogens is 1. The maximum atomic E-state index is 13.5. The molecular formula is C17H16FO2. The lowest BCUT2D eigenvalue weighted by molar-refractivity contribution is 0.111. The van der Waals surface area contributed by atoms with E-state index in [1.807, 2.05) is 12.1 Å². The monoisotopic (exact) mass is 271 g/mol. The van der Waals surface area contributed by atoms with Gasteiger partial charge in [0.2, 0.25) is 0 Å². The van der Waals surface area contributed by atoms with Crippen LogP contribution < -0.4 is 4.74 Å². The molecule has 0 atom stereocenters. The van der Waals surface area contributed by atoms with Crippen LogP contribution in [0.25, 0.3) is 0 Å². The Hall–Kier alpha value is -2.16. The van der Waals surface area contributed by atoms with E-state index >= 15 is 0 Å². The molecule has 0 bridgehead atoms. The lowest BCUT2D eigenvalue weighted by Gasteiger charge is -2.11. The second kappa shape index (κ2) is 6.85. The molecule has 0 amide bonds. The van der Waals surface area contributed by atoms with Crippen molar-refractivity contribution >= 4 is 6.29 Å². The van der Waals surface area contributed by atoms with Gasteiger partial charge in [0.05, 0.1) is 5.56 Å². The van der Waals surface area contributed by atoms with E-state index in [4.69, 9.17) is 4.74 Å². The Morgan fingerprint density at radius 2 is 2.00 bits per heavy atom. The summed E-state index contributed by atoms with van der Waals surface area (Å²) in [5, 5.41) is 0. The molecule has 0 heterocycles. The molecule has 0 aliphatic carbocycles. The van der Waals surface area contributed by atoms with Gasteiger partial charge in [-0.05, 0) is 36.6 Å². The number of aryl methyl sites for hydroxylation is 1. The van der Waals surface area contributed by atoms with Gasteiger partial charge >= 0.3 is 0 Å². The first-order valence-electron chi connectivity index (χ1n) is 6.48. The Morgan fingerprint density at radius 3 is 2.70 bits per heavy atom. The van der Waals surface area contributed by atoms with Crippen LogP contribution in [0, 0.1) is 12.7 Å². The van der Waals surface area contributed by atoms with Gasteiger partial charge in [-0.1, -0.05) is 31.2 Å². The van der Waals surface area contributed by atoms with Crippen molar-refractivity contribution in [3.8, 4) is 5.75 Å². The highest BCUT2D eigenvalue weighted by atomic mass is 19.1. The number of hydrogen-bond acceptors (Lipinski definition) is 2. The first kappa shape index (κ1) is 14.3. The Bertz CT molecular complexity index is 593. The number of ether oxygens (including phenoxy) is 1. The number of benzene rings is 2. The summed E-state index contributed by atoms with van der Waals surface area (Å²) in [6.45, 7) is 3.90. The molecule has 2 aromatic rings. The molecule has 0 saturated heterocycles. The second-order valence-corrected chi connectivity index (χ2v) is 4.47. The van der Waals surface area contributed by atoms with Crippen molar-refractivity contribution in [3.05, 3.63) is 71.9 Å². The Labute approximate surface area is 118 Å². The molecule has 2 aromatic carbocycles. The zero-order valence-corrected chi connectivity index (χ0v) is 11.1. The van der Waals surface area contributed by atoms with Crippen molar-refractivity contribution in [3.63, 3.8) is 0 Å². The summed E-state index contributed by atoms with van der Waals surface area (Å²) >= 11 is 0. The molecule has 0 unspecified atom stereocenters. The van der Waals surface area contributed by atoms with Gasteiger partial charge in [-0.25, -0.2) is 4.39 Å². The Kier molecular flexibility index (Phi) is 4.88. The normalized spacial score (nSPS) is 10.3. The average molecular weight is 271 g/mol. The van der Waals surface area contributed by atoms with Crippen molar-refractivity contribution in [2.45, 2.75) is 19.4 Å². The van der Waals surface area contributed by atoms with E-state index < -0.39 is 0 Å². The zero-order chi connectivity index (χ0) is 14.4. The zero-order valence-electron chi connectivity index (χ0n) is 11.1. The maximum absolute atomic E-state index is 13.5. The van der Waals surface area contributed by atoms with Crippen LogP contribution in [-0.4, -0.2) is 6.29 Å². The minimum atomic E-state index is -0.311. The molecule has 0 aliphatic rings. The summed E-state index contributed by atoms with van der Waals surface area (Å²) in [6, 6.07) is 11.8. The number of rotatable bonds is 6. The van der Waals surface area contributed by atoms with Crippen LogP contribution in [0.5, 0.6) is 5.75 Å². The third-order valence-corrected chi connectivity index (χ3v) is 3.01. The third-order valence-electron chi connectivity index (χ3n) is 3.01. The fraction of sp³-hybridized carbons (Fsp3) is 0.176. The van der Waals surface area contributed by atoms with Crippen LogP contribution in [0.1, 0.15) is 27.9 Å². The molecule has 0 spiro atoms. The van der Waals surface area contributed by atoms with Crippen molar-refractivity contribution in [2.24, 2.45) is 0 Å². The van der Waals surface area contributed by atoms with Crippen LogP contribution in [0.2, 0.25) is 0 Å². The molecule has 0 N–H and O–H groups in total. The van der Waals surface area contributed by atoms with Gasteiger partial charge in [-0.15, -0.1) is 0 Å². The van der Waals surface area contributed by atoms with Gasteiger partial charge in [0.1, 0.15) is 18.2 Å². The van der Waals surface area contributed by atoms with Crippen molar-refractivity contribution in [1.82, 2.24) is 0 Å². The van der Waals surface area contributed by atoms with E-state index in [2.05, 4.69) is 6.92 Å². The summed E-state index contributed by atoms with van der Waals surface area (Å²) < 4.78 is 19.1. The van der Waals surface area contributed by atoms with Crippen molar-refractivity contribution < 1.29 is 13.9 Å². The maximum Gasteiger partial charge on any atom is 0.153 e. The van der Waals surface area contributed by atoms with Crippen molar-refractivity contribution in [1.29, 1.82) is 0 Å². The number of hydrogen-bond donors (Lipinski definition) is 0. The van der Waals surface area contributed by atoms with Gasteiger partial charge in [-0.3, -0.25) is 4.79 Å². The number of carbonyl (C=O) groups is 1. The minimum Gasteiger partial charge on any atom is -0.488 e. The molecule has 103 valence electrons. The topological polar surface area (TPSA) is 26.3 Å². The van der Waals surface area contributed by atoms with E-state index in [1.165, 1.54) is 6.07 Å². The molecule has 2 rings (SSSR count). The molecule has 0 saturated carbocycles. The predicted molar refractivity (Wildman–Crippen MR) is 76.2 cm³/mol. The van der Waals surface area contributed by atoms with Crippen molar-refractivity contribution in [2.75, 3.05) is 0 Å². The van der Waals surface area contributed by atoms with Crippen LogP contribution in [0.3, 0.4) is 0 Å². The molecular weight excluding hydrogens is 255 g/mol. The first-order valence-corrected chi connectivity index (χ1v) is 6.48. The molecule has 0 aliphatic heterocycles. The van der Waals surface area contributed by atoms with Gasteiger partial charge in [0.15, 0.2) is 6.29 Å². The number of carbonyl (C=O) groups excluding carboxylic acids is 1. The highest BCUT2D eigenvalue weighted by Crippen LogP contribution is 2.21. The highest BCUT2D eigenvalue weighted by Gasteiger charge is 2.07. The Balaban J connectivity index is 2.17. The van der Waals surface area contributed by atoms with Gasteiger partial charge < -0.3 is 4.74 Å². The fourth-order valence-corrected chi connectivity index (χ4v) is 1.93. The van der Waals surface area contributed by atoms with E-state index in [-0.39, 0.29) is 12.4 Å². The molecule has 0 fully saturated rings. The number of aldehydes is 1. The highest BCUT2D eigenvalue weighted by molar-refractivity contribution is 5.79. The molecule has 3 heteroatoms. The fourth-order valence-electron chi connectivity index (χ4n) is 1.93. The van der Waals surface area contributed by atoms with Gasteiger partial charge in [-0.2, -0.15) is 0 Å². The van der Waals surface area contributed by atoms with E-state index in [0.29, 0.717) is 16.9 Å². The third kappa shape index (κ3) is 3.44. The summed E-state index contributed by atoms with van der Waals surface area (Å²) in [5.74, 6) is 0.170. The van der Waals surface area contributed by atoms with Crippen LogP contribution in [0.4, 0.5) is 4.39 Å². The molecule has 1 radical (unpaired) electrons. The molecule has 20 heavy (non-hydrogen) atoms. The molecule has 2 nitrogen and oxygen atoms in total. The summed E-state index contributed by atoms with van der Waals surface area (Å²) in [5.41, 5.74) is 1.98. The first-order chi connectivity index (χ1) is 9.74. The summed E-state index contributed by atoms with van der Waals surface area (Å²) in [4.78, 5) is 11.0. The Morgan fingerprint density at radius 1 is 1.20 bits per heavy atom. The predicted octanol–water partition coefficient (Wildman–Crippen LogP) is 3.98. The largest absolute Gasteiger partial charge is 0.488 e. The van der Waals surface area contributed by atoms with Gasteiger partial charge in [0.25, 0.3) is 0 Å². The van der Waals surface area contributed by atoms with Crippen LogP contribution in [-0.2, 0) is 13.0 Å². The van der Waals surface area contributed by atoms with Gasteiger partial charge in [0, 0.05) is 5.56 Å². The van der Waals surface area contributed by atoms with E-state index in [9.17, 15) is 9.18 Å². The summed E-state index contributed by atoms with van der Waals surface area (Å²) in [6.07, 6.45) is 2.33. The van der Waals surface area contributed by atoms with Crippen LogP contribution >= 0.6 is 0 Å². The minimum absolute atomic E-state index is 0.0986. The van der Waals surface area contributed by atoms with E-state index in [1.54, 1.807) is 24.3 Å². The standard InChI is InChI=1S/C17H16FO2/c1-2-5-13-8-9-14(11-19)17(10-13)20-12-15-6-3-4-7-16(15)18/h3-4,6-11H,1-2,5,12H2. The lowest BCUT2D eigenvalue weighted by Crippen LogP contribution is -2.01. The quantitative estimate of drug-likeness (QED) is 0.743. The molecule has 0 aromatic heterocycles. The van der Waals surface area contributed by atoms with Crippen LogP contribution in [0.15, 0.2) is 42.5 Å². The second-order valence-electron chi connectivity index (χ2n) is 4.47. The SMILES string of the molecule is [CH2]CCc1ccc(C=O)c(OCc2ccccc2F)c1. The van der Waals surface area contributed by atoms with E-state index in [0.717, 1.165) is 24.7 Å². The summed E-state index contributed by atoms with van der Waals surface area (Å²) in [7, 11) is 0. The average Bonchev–Trinajstić information content (AvgIpc) is 2.47. The smallest absolute Gasteiger partial charge is 0.153 e. The lowest BCUT2D eigenvalue weighted by atomic mass is 10.1.